The minimum absolute atomic E-state index is 0. The Balaban J connectivity index is 0.00000240. The Bertz CT molecular complexity index is 799. The number of piperidine rings is 1. The summed E-state index contributed by atoms with van der Waals surface area (Å²) in [4.78, 5) is 15.6. The summed E-state index contributed by atoms with van der Waals surface area (Å²) in [6.07, 6.45) is 5.77. The van der Waals surface area contributed by atoms with Gasteiger partial charge in [0.15, 0.2) is 5.69 Å². The lowest BCUT2D eigenvalue weighted by Crippen LogP contribution is -2.39. The standard InChI is InChI=1S/C22H31N5O.ClH/c1-16(19-9-4-3-5-10-19)26(15-18-7-6-8-18)22(28)21-17(2)27(25-24-21)20-11-13-23-14-12-20;/h3-5,9-10,16,18,20,23H,6-8,11-15H2,1-2H3;1H. The molecule has 1 saturated heterocycles. The molecule has 6 nitrogen and oxygen atoms in total. The molecule has 4 rings (SSSR count). The van der Waals surface area contributed by atoms with Crippen molar-refractivity contribution in [1.82, 2.24) is 25.2 Å². The maximum Gasteiger partial charge on any atom is 0.276 e. The molecule has 29 heavy (non-hydrogen) atoms. The number of rotatable bonds is 6. The van der Waals surface area contributed by atoms with Gasteiger partial charge in [0.25, 0.3) is 5.91 Å². The molecule has 0 bridgehead atoms. The summed E-state index contributed by atoms with van der Waals surface area (Å²) in [7, 11) is 0. The first-order valence-electron chi connectivity index (χ1n) is 10.6. The highest BCUT2D eigenvalue weighted by Crippen LogP contribution is 2.32. The predicted octanol–water partition coefficient (Wildman–Crippen LogP) is 3.94. The van der Waals surface area contributed by atoms with Crippen LogP contribution in [0.4, 0.5) is 0 Å². The summed E-state index contributed by atoms with van der Waals surface area (Å²) >= 11 is 0. The van der Waals surface area contributed by atoms with Crippen molar-refractivity contribution < 1.29 is 4.79 Å². The second-order valence-electron chi connectivity index (χ2n) is 8.29. The van der Waals surface area contributed by atoms with Crippen LogP contribution in [0.2, 0.25) is 0 Å². The van der Waals surface area contributed by atoms with Crippen molar-refractivity contribution in [3.63, 3.8) is 0 Å². The van der Waals surface area contributed by atoms with Crippen LogP contribution in [0, 0.1) is 12.8 Å². The van der Waals surface area contributed by atoms with Gasteiger partial charge in [-0.25, -0.2) is 4.68 Å². The van der Waals surface area contributed by atoms with E-state index in [-0.39, 0.29) is 24.4 Å². The molecule has 0 radical (unpaired) electrons. The maximum absolute atomic E-state index is 13.5. The number of aromatic nitrogens is 3. The third-order valence-electron chi connectivity index (χ3n) is 6.47. The van der Waals surface area contributed by atoms with Crippen molar-refractivity contribution in [2.75, 3.05) is 19.6 Å². The second kappa shape index (κ2) is 9.72. The van der Waals surface area contributed by atoms with E-state index in [9.17, 15) is 4.79 Å². The highest BCUT2D eigenvalue weighted by atomic mass is 35.5. The van der Waals surface area contributed by atoms with E-state index in [1.54, 1.807) is 0 Å². The van der Waals surface area contributed by atoms with Gasteiger partial charge >= 0.3 is 0 Å². The molecule has 2 heterocycles. The monoisotopic (exact) mass is 417 g/mol. The fourth-order valence-electron chi connectivity index (χ4n) is 4.35. The Morgan fingerprint density at radius 1 is 1.21 bits per heavy atom. The van der Waals surface area contributed by atoms with Crippen molar-refractivity contribution in [3.05, 3.63) is 47.3 Å². The second-order valence-corrected chi connectivity index (χ2v) is 8.29. The molecule has 1 N–H and O–H groups in total. The van der Waals surface area contributed by atoms with Gasteiger partial charge in [-0.15, -0.1) is 17.5 Å². The van der Waals surface area contributed by atoms with Gasteiger partial charge in [-0.1, -0.05) is 42.0 Å². The number of hydrogen-bond acceptors (Lipinski definition) is 4. The van der Waals surface area contributed by atoms with Gasteiger partial charge in [-0.05, 0) is 64.1 Å². The van der Waals surface area contributed by atoms with Gasteiger partial charge in [0.2, 0.25) is 0 Å². The summed E-state index contributed by atoms with van der Waals surface area (Å²) in [5, 5.41) is 12.1. The van der Waals surface area contributed by atoms with E-state index < -0.39 is 0 Å². The topological polar surface area (TPSA) is 63.1 Å². The normalized spacial score (nSPS) is 18.6. The Kier molecular flexibility index (Phi) is 7.30. The Morgan fingerprint density at radius 2 is 1.90 bits per heavy atom. The molecule has 1 aliphatic carbocycles. The number of carbonyl (C=O) groups excluding carboxylic acids is 1. The van der Waals surface area contributed by atoms with Crippen LogP contribution in [0.25, 0.3) is 0 Å². The molecule has 7 heteroatoms. The first-order chi connectivity index (χ1) is 13.6. The van der Waals surface area contributed by atoms with Crippen LogP contribution in [0.15, 0.2) is 30.3 Å². The van der Waals surface area contributed by atoms with E-state index in [1.807, 2.05) is 34.7 Å². The first-order valence-corrected chi connectivity index (χ1v) is 10.6. The largest absolute Gasteiger partial charge is 0.330 e. The smallest absolute Gasteiger partial charge is 0.276 e. The number of carbonyl (C=O) groups is 1. The zero-order valence-electron chi connectivity index (χ0n) is 17.4. The number of nitrogens with one attached hydrogen (secondary N) is 1. The number of halogens is 1. The van der Waals surface area contributed by atoms with Gasteiger partial charge in [0.05, 0.1) is 17.8 Å². The molecular weight excluding hydrogens is 386 g/mol. The van der Waals surface area contributed by atoms with Crippen LogP contribution in [0.3, 0.4) is 0 Å². The first kappa shape index (κ1) is 21.8. The van der Waals surface area contributed by atoms with Crippen LogP contribution < -0.4 is 5.32 Å². The van der Waals surface area contributed by atoms with Crippen LogP contribution in [-0.2, 0) is 0 Å². The average Bonchev–Trinajstić information content (AvgIpc) is 3.09. The Hall–Kier alpha value is -1.92. The minimum atomic E-state index is 0. The quantitative estimate of drug-likeness (QED) is 0.773. The predicted molar refractivity (Wildman–Crippen MR) is 116 cm³/mol. The van der Waals surface area contributed by atoms with Gasteiger partial charge in [0.1, 0.15) is 0 Å². The van der Waals surface area contributed by atoms with Crippen LogP contribution in [-0.4, -0.2) is 45.4 Å². The molecule has 1 aromatic carbocycles. The summed E-state index contributed by atoms with van der Waals surface area (Å²) in [5.74, 6) is 0.621. The average molecular weight is 418 g/mol. The number of hydrogen-bond donors (Lipinski definition) is 1. The highest BCUT2D eigenvalue weighted by Gasteiger charge is 2.32. The molecule has 2 fully saturated rings. The van der Waals surface area contributed by atoms with Gasteiger partial charge in [0, 0.05) is 6.54 Å². The molecule has 1 atom stereocenters. The van der Waals surface area contributed by atoms with Crippen molar-refractivity contribution in [2.24, 2.45) is 5.92 Å². The molecule has 2 aromatic rings. The Labute approximate surface area is 179 Å². The van der Waals surface area contributed by atoms with E-state index in [1.165, 1.54) is 24.8 Å². The molecule has 158 valence electrons. The lowest BCUT2D eigenvalue weighted by atomic mass is 9.84. The van der Waals surface area contributed by atoms with E-state index in [4.69, 9.17) is 0 Å². The van der Waals surface area contributed by atoms with E-state index >= 15 is 0 Å². The van der Waals surface area contributed by atoms with Gasteiger partial charge < -0.3 is 10.2 Å². The minimum Gasteiger partial charge on any atom is -0.330 e. The maximum atomic E-state index is 13.5. The summed E-state index contributed by atoms with van der Waals surface area (Å²) in [5.41, 5.74) is 2.58. The van der Waals surface area contributed by atoms with E-state index in [2.05, 4.69) is 34.7 Å². The molecule has 1 amide bonds. The van der Waals surface area contributed by atoms with Crippen LogP contribution in [0.5, 0.6) is 0 Å². The number of benzene rings is 1. The third-order valence-corrected chi connectivity index (χ3v) is 6.47. The van der Waals surface area contributed by atoms with Crippen molar-refractivity contribution in [1.29, 1.82) is 0 Å². The fraction of sp³-hybridized carbons (Fsp3) is 0.591. The molecule has 1 saturated carbocycles. The highest BCUT2D eigenvalue weighted by molar-refractivity contribution is 5.93. The van der Waals surface area contributed by atoms with Crippen molar-refractivity contribution in [3.8, 4) is 0 Å². The molecular formula is C22H32ClN5O. The SMILES string of the molecule is Cc1c(C(=O)N(CC2CCC2)C(C)c2ccccc2)nnn1C1CCNCC1.Cl. The molecule has 1 aliphatic heterocycles. The summed E-state index contributed by atoms with van der Waals surface area (Å²) in [6, 6.07) is 10.7. The summed E-state index contributed by atoms with van der Waals surface area (Å²) < 4.78 is 1.97. The number of amides is 1. The van der Waals surface area contributed by atoms with Crippen molar-refractivity contribution in [2.45, 2.75) is 58.0 Å². The summed E-state index contributed by atoms with van der Waals surface area (Å²) in [6.45, 7) is 6.90. The van der Waals surface area contributed by atoms with E-state index in [0.29, 0.717) is 17.7 Å². The molecule has 2 aliphatic rings. The van der Waals surface area contributed by atoms with E-state index in [0.717, 1.165) is 38.2 Å². The van der Waals surface area contributed by atoms with Crippen LogP contribution in [0.1, 0.15) is 72.9 Å². The lowest BCUT2D eigenvalue weighted by molar-refractivity contribution is 0.0606. The third kappa shape index (κ3) is 4.64. The molecule has 0 spiro atoms. The van der Waals surface area contributed by atoms with Gasteiger partial charge in [-0.3, -0.25) is 4.79 Å². The van der Waals surface area contributed by atoms with Gasteiger partial charge in [-0.2, -0.15) is 0 Å². The molecule has 1 aromatic heterocycles. The van der Waals surface area contributed by atoms with Crippen molar-refractivity contribution >= 4 is 18.3 Å². The number of nitrogens with zero attached hydrogens (tertiary/aromatic N) is 4. The Morgan fingerprint density at radius 3 is 2.52 bits per heavy atom. The zero-order valence-corrected chi connectivity index (χ0v) is 18.2. The lowest BCUT2D eigenvalue weighted by Gasteiger charge is -2.36. The zero-order chi connectivity index (χ0) is 19.5. The molecule has 1 unspecified atom stereocenters. The van der Waals surface area contributed by atoms with Crippen LogP contribution >= 0.6 is 12.4 Å². The fourth-order valence-corrected chi connectivity index (χ4v) is 4.35.